The van der Waals surface area contributed by atoms with Gasteiger partial charge in [0.15, 0.2) is 0 Å². The quantitative estimate of drug-likeness (QED) is 0.213. The Morgan fingerprint density at radius 1 is 0.889 bits per heavy atom. The first-order chi connectivity index (χ1) is 17.6. The minimum absolute atomic E-state index is 0.134. The standard InChI is InChI=1S/C30H26ClFN2O2/c1-35-16-15-34-29-8-3-2-7-28(29)33-30(34)17-21-9-11-22(12-10-21)23-5-4-6-26(18-23)36-20-24-13-14-25(31)19-27(24)32/h2-14,18-19H,15-17,20H2,1H3. The first-order valence-electron chi connectivity index (χ1n) is 11.8. The highest BCUT2D eigenvalue weighted by Crippen LogP contribution is 2.26. The van der Waals surface area contributed by atoms with E-state index in [1.807, 2.05) is 42.5 Å². The molecule has 0 fully saturated rings. The number of hydrogen-bond acceptors (Lipinski definition) is 3. The van der Waals surface area contributed by atoms with E-state index in [0.717, 1.165) is 41.0 Å². The summed E-state index contributed by atoms with van der Waals surface area (Å²) < 4.78 is 27.5. The van der Waals surface area contributed by atoms with E-state index in [-0.39, 0.29) is 12.4 Å². The van der Waals surface area contributed by atoms with Gasteiger partial charge in [-0.2, -0.15) is 0 Å². The van der Waals surface area contributed by atoms with Gasteiger partial charge in [0.25, 0.3) is 0 Å². The lowest BCUT2D eigenvalue weighted by molar-refractivity contribution is 0.187. The predicted molar refractivity (Wildman–Crippen MR) is 142 cm³/mol. The second-order valence-corrected chi connectivity index (χ2v) is 9.02. The summed E-state index contributed by atoms with van der Waals surface area (Å²) >= 11 is 5.83. The molecule has 0 bridgehead atoms. The van der Waals surface area contributed by atoms with Crippen molar-refractivity contribution in [2.24, 2.45) is 0 Å². The lowest BCUT2D eigenvalue weighted by atomic mass is 10.0. The van der Waals surface area contributed by atoms with Crippen LogP contribution in [0, 0.1) is 5.82 Å². The highest BCUT2D eigenvalue weighted by Gasteiger charge is 2.11. The number of halogens is 2. The van der Waals surface area contributed by atoms with Crippen LogP contribution in [0.3, 0.4) is 0 Å². The Morgan fingerprint density at radius 2 is 1.72 bits per heavy atom. The lowest BCUT2D eigenvalue weighted by Gasteiger charge is -2.11. The molecule has 0 spiro atoms. The lowest BCUT2D eigenvalue weighted by Crippen LogP contribution is -2.08. The molecule has 0 amide bonds. The first kappa shape index (κ1) is 24.0. The fraction of sp³-hybridized carbons (Fsp3) is 0.167. The SMILES string of the molecule is COCCn1c(Cc2ccc(-c3cccc(OCc4ccc(Cl)cc4F)c3)cc2)nc2ccccc21. The molecule has 4 nitrogen and oxygen atoms in total. The number of aromatic nitrogens is 2. The monoisotopic (exact) mass is 500 g/mol. The van der Waals surface area contributed by atoms with Crippen LogP contribution >= 0.6 is 11.6 Å². The van der Waals surface area contributed by atoms with Crippen LogP contribution in [-0.4, -0.2) is 23.3 Å². The second-order valence-electron chi connectivity index (χ2n) is 8.59. The summed E-state index contributed by atoms with van der Waals surface area (Å²) in [4.78, 5) is 4.87. The van der Waals surface area contributed by atoms with Gasteiger partial charge in [-0.05, 0) is 53.1 Å². The van der Waals surface area contributed by atoms with Gasteiger partial charge in [-0.1, -0.05) is 66.2 Å². The number of imidazole rings is 1. The van der Waals surface area contributed by atoms with E-state index < -0.39 is 0 Å². The van der Waals surface area contributed by atoms with E-state index >= 15 is 0 Å². The molecule has 6 heteroatoms. The Bertz CT molecular complexity index is 1480. The number of fused-ring (bicyclic) bond motifs is 1. The molecular formula is C30H26ClFN2O2. The second kappa shape index (κ2) is 10.9. The van der Waals surface area contributed by atoms with Crippen molar-refractivity contribution in [1.82, 2.24) is 9.55 Å². The van der Waals surface area contributed by atoms with E-state index in [9.17, 15) is 4.39 Å². The Labute approximate surface area is 214 Å². The van der Waals surface area contributed by atoms with Crippen LogP contribution in [0.15, 0.2) is 91.0 Å². The fourth-order valence-electron chi connectivity index (χ4n) is 4.26. The molecule has 0 N–H and O–H groups in total. The van der Waals surface area contributed by atoms with Gasteiger partial charge in [-0.3, -0.25) is 0 Å². The number of rotatable bonds is 9. The normalized spacial score (nSPS) is 11.2. The molecule has 0 aliphatic carbocycles. The first-order valence-corrected chi connectivity index (χ1v) is 12.2. The summed E-state index contributed by atoms with van der Waals surface area (Å²) in [7, 11) is 1.72. The highest BCUT2D eigenvalue weighted by atomic mass is 35.5. The molecule has 1 heterocycles. The number of nitrogens with zero attached hydrogens (tertiary/aromatic N) is 2. The van der Waals surface area contributed by atoms with E-state index in [4.69, 9.17) is 26.1 Å². The van der Waals surface area contributed by atoms with Crippen molar-refractivity contribution in [3.05, 3.63) is 119 Å². The summed E-state index contributed by atoms with van der Waals surface area (Å²) in [6.07, 6.45) is 0.731. The van der Waals surface area contributed by atoms with Crippen molar-refractivity contribution >= 4 is 22.6 Å². The van der Waals surface area contributed by atoms with Crippen molar-refractivity contribution in [2.45, 2.75) is 19.6 Å². The minimum Gasteiger partial charge on any atom is -0.489 e. The van der Waals surface area contributed by atoms with Crippen LogP contribution in [0.4, 0.5) is 4.39 Å². The summed E-state index contributed by atoms with van der Waals surface area (Å²) in [6.45, 7) is 1.53. The van der Waals surface area contributed by atoms with E-state index in [1.165, 1.54) is 11.6 Å². The summed E-state index contributed by atoms with van der Waals surface area (Å²) in [6, 6.07) is 29.1. The zero-order chi connectivity index (χ0) is 24.9. The van der Waals surface area contributed by atoms with Gasteiger partial charge in [0, 0.05) is 30.7 Å². The Hall–Kier alpha value is -3.67. The molecule has 4 aromatic carbocycles. The van der Waals surface area contributed by atoms with E-state index in [1.54, 1.807) is 19.2 Å². The van der Waals surface area contributed by atoms with Crippen LogP contribution in [0.1, 0.15) is 17.0 Å². The zero-order valence-corrected chi connectivity index (χ0v) is 20.7. The van der Waals surface area contributed by atoms with Gasteiger partial charge in [0.2, 0.25) is 0 Å². The average Bonchev–Trinajstić information content (AvgIpc) is 3.24. The molecule has 1 aromatic heterocycles. The highest BCUT2D eigenvalue weighted by molar-refractivity contribution is 6.30. The summed E-state index contributed by atoms with van der Waals surface area (Å²) in [5.74, 6) is 1.33. The van der Waals surface area contributed by atoms with Crippen LogP contribution < -0.4 is 4.74 Å². The van der Waals surface area contributed by atoms with Crippen molar-refractivity contribution in [2.75, 3.05) is 13.7 Å². The van der Waals surface area contributed by atoms with Gasteiger partial charge in [0.05, 0.1) is 17.6 Å². The number of benzene rings is 4. The van der Waals surface area contributed by atoms with Crippen LogP contribution in [0.2, 0.25) is 5.02 Å². The smallest absolute Gasteiger partial charge is 0.131 e. The van der Waals surface area contributed by atoms with Crippen molar-refractivity contribution < 1.29 is 13.9 Å². The van der Waals surface area contributed by atoms with Gasteiger partial charge < -0.3 is 14.0 Å². The average molecular weight is 501 g/mol. The van der Waals surface area contributed by atoms with Gasteiger partial charge >= 0.3 is 0 Å². The number of hydrogen-bond donors (Lipinski definition) is 0. The molecule has 0 saturated carbocycles. The van der Waals surface area contributed by atoms with Gasteiger partial charge in [-0.25, -0.2) is 9.37 Å². The third-order valence-corrected chi connectivity index (χ3v) is 6.38. The Balaban J connectivity index is 1.31. The molecule has 36 heavy (non-hydrogen) atoms. The Kier molecular flexibility index (Phi) is 7.31. The van der Waals surface area contributed by atoms with Crippen LogP contribution in [-0.2, 0) is 24.3 Å². The van der Waals surface area contributed by atoms with Crippen molar-refractivity contribution in [3.8, 4) is 16.9 Å². The molecule has 5 aromatic rings. The summed E-state index contributed by atoms with van der Waals surface area (Å²) in [5.41, 5.74) is 5.87. The topological polar surface area (TPSA) is 36.3 Å². The van der Waals surface area contributed by atoms with E-state index in [0.29, 0.717) is 22.9 Å². The largest absolute Gasteiger partial charge is 0.489 e. The maximum atomic E-state index is 14.1. The number of para-hydroxylation sites is 2. The Morgan fingerprint density at radius 3 is 2.53 bits per heavy atom. The number of methoxy groups -OCH3 is 1. The molecule has 0 aliphatic rings. The molecule has 5 rings (SSSR count). The third-order valence-electron chi connectivity index (χ3n) is 6.15. The zero-order valence-electron chi connectivity index (χ0n) is 20.0. The van der Waals surface area contributed by atoms with Gasteiger partial charge in [0.1, 0.15) is 24.0 Å². The van der Waals surface area contributed by atoms with Gasteiger partial charge in [-0.15, -0.1) is 0 Å². The maximum Gasteiger partial charge on any atom is 0.131 e. The predicted octanol–water partition coefficient (Wildman–Crippen LogP) is 7.31. The molecule has 0 radical (unpaired) electrons. The summed E-state index contributed by atoms with van der Waals surface area (Å²) in [5, 5.41) is 0.369. The third kappa shape index (κ3) is 5.43. The molecular weight excluding hydrogens is 475 g/mol. The molecule has 182 valence electrons. The van der Waals surface area contributed by atoms with Crippen LogP contribution in [0.25, 0.3) is 22.2 Å². The van der Waals surface area contributed by atoms with Crippen LogP contribution in [0.5, 0.6) is 5.75 Å². The maximum absolute atomic E-state index is 14.1. The molecule has 0 atom stereocenters. The fourth-order valence-corrected chi connectivity index (χ4v) is 4.41. The van der Waals surface area contributed by atoms with E-state index in [2.05, 4.69) is 34.9 Å². The van der Waals surface area contributed by atoms with Crippen molar-refractivity contribution in [3.63, 3.8) is 0 Å². The molecule has 0 unspecified atom stereocenters. The number of ether oxygens (including phenoxy) is 2. The molecule has 0 saturated heterocycles. The minimum atomic E-state index is -0.370. The molecule has 0 aliphatic heterocycles. The van der Waals surface area contributed by atoms with Crippen molar-refractivity contribution in [1.29, 1.82) is 0 Å².